The summed E-state index contributed by atoms with van der Waals surface area (Å²) in [7, 11) is 1.65. The molecule has 0 amide bonds. The molecule has 4 heteroatoms. The lowest BCUT2D eigenvalue weighted by Gasteiger charge is -2.17. The maximum absolute atomic E-state index is 6.16. The van der Waals surface area contributed by atoms with E-state index in [0.29, 0.717) is 25.7 Å². The number of benzene rings is 1. The zero-order valence-electron chi connectivity index (χ0n) is 13.0. The summed E-state index contributed by atoms with van der Waals surface area (Å²) in [5, 5.41) is 0. The zero-order valence-corrected chi connectivity index (χ0v) is 13.0. The fraction of sp³-hybridized carbons (Fsp3) is 0.625. The highest BCUT2D eigenvalue weighted by Gasteiger charge is 2.12. The van der Waals surface area contributed by atoms with Crippen LogP contribution in [0.15, 0.2) is 18.2 Å². The fourth-order valence-electron chi connectivity index (χ4n) is 1.88. The molecule has 114 valence electrons. The van der Waals surface area contributed by atoms with Gasteiger partial charge in [0, 0.05) is 12.2 Å². The minimum Gasteiger partial charge on any atom is -0.496 e. The summed E-state index contributed by atoms with van der Waals surface area (Å²) in [6.07, 6.45) is 0. The number of nitrogens with two attached hydrogens (primary N) is 1. The molecule has 2 N–H and O–H groups in total. The van der Waals surface area contributed by atoms with Gasteiger partial charge < -0.3 is 19.9 Å². The van der Waals surface area contributed by atoms with Crippen LogP contribution in [0.25, 0.3) is 0 Å². The van der Waals surface area contributed by atoms with Crippen molar-refractivity contribution >= 4 is 0 Å². The summed E-state index contributed by atoms with van der Waals surface area (Å²) in [5.74, 6) is 1.36. The molecule has 0 aliphatic rings. The Hall–Kier alpha value is -1.10. The van der Waals surface area contributed by atoms with Crippen molar-refractivity contribution in [2.45, 2.75) is 26.8 Å². The lowest BCUT2D eigenvalue weighted by atomic mass is 10.0. The Morgan fingerprint density at radius 2 is 1.75 bits per heavy atom. The van der Waals surface area contributed by atoms with Gasteiger partial charge in [-0.15, -0.1) is 0 Å². The third-order valence-corrected chi connectivity index (χ3v) is 2.91. The van der Waals surface area contributed by atoms with E-state index in [-0.39, 0.29) is 6.04 Å². The second-order valence-electron chi connectivity index (χ2n) is 5.40. The minimum absolute atomic E-state index is 0.185. The molecule has 0 bridgehead atoms. The largest absolute Gasteiger partial charge is 0.496 e. The SMILES string of the molecule is COc1ccc(C)cc1C(N)COCCOCC(C)C. The van der Waals surface area contributed by atoms with E-state index in [1.165, 1.54) is 0 Å². The molecule has 0 aliphatic heterocycles. The molecule has 0 heterocycles. The number of aryl methyl sites for hydroxylation is 1. The van der Waals surface area contributed by atoms with Crippen LogP contribution in [0.3, 0.4) is 0 Å². The Bertz CT molecular complexity index is 393. The van der Waals surface area contributed by atoms with E-state index in [1.54, 1.807) is 7.11 Å². The predicted molar refractivity (Wildman–Crippen MR) is 81.1 cm³/mol. The van der Waals surface area contributed by atoms with Gasteiger partial charge in [0.1, 0.15) is 5.75 Å². The number of rotatable bonds is 9. The van der Waals surface area contributed by atoms with Gasteiger partial charge in [-0.2, -0.15) is 0 Å². The highest BCUT2D eigenvalue weighted by Crippen LogP contribution is 2.25. The fourth-order valence-corrected chi connectivity index (χ4v) is 1.88. The Morgan fingerprint density at radius 3 is 2.35 bits per heavy atom. The van der Waals surface area contributed by atoms with Crippen LogP contribution in [0.1, 0.15) is 31.0 Å². The number of hydrogen-bond donors (Lipinski definition) is 1. The summed E-state index contributed by atoms with van der Waals surface area (Å²) in [4.78, 5) is 0. The predicted octanol–water partition coefficient (Wildman–Crippen LogP) is 2.69. The molecule has 0 fully saturated rings. The summed E-state index contributed by atoms with van der Waals surface area (Å²) < 4.78 is 16.4. The third-order valence-electron chi connectivity index (χ3n) is 2.91. The molecule has 0 spiro atoms. The Balaban J connectivity index is 2.35. The molecule has 1 unspecified atom stereocenters. The highest BCUT2D eigenvalue weighted by atomic mass is 16.5. The van der Waals surface area contributed by atoms with E-state index in [0.717, 1.165) is 23.5 Å². The first-order valence-corrected chi connectivity index (χ1v) is 7.10. The number of ether oxygens (including phenoxy) is 3. The first-order chi connectivity index (χ1) is 9.54. The normalized spacial score (nSPS) is 12.7. The van der Waals surface area contributed by atoms with E-state index in [2.05, 4.69) is 13.8 Å². The van der Waals surface area contributed by atoms with E-state index in [9.17, 15) is 0 Å². The topological polar surface area (TPSA) is 53.7 Å². The molecule has 4 nitrogen and oxygen atoms in total. The van der Waals surface area contributed by atoms with Gasteiger partial charge in [0.15, 0.2) is 0 Å². The van der Waals surface area contributed by atoms with Gasteiger partial charge in [-0.25, -0.2) is 0 Å². The van der Waals surface area contributed by atoms with Crippen LogP contribution in [0.4, 0.5) is 0 Å². The maximum atomic E-state index is 6.16. The van der Waals surface area contributed by atoms with E-state index in [1.807, 2.05) is 25.1 Å². The monoisotopic (exact) mass is 281 g/mol. The Morgan fingerprint density at radius 1 is 1.10 bits per heavy atom. The summed E-state index contributed by atoms with van der Waals surface area (Å²) in [6.45, 7) is 8.69. The molecule has 0 aromatic heterocycles. The Kier molecular flexibility index (Phi) is 7.59. The lowest BCUT2D eigenvalue weighted by molar-refractivity contribution is 0.0332. The van der Waals surface area contributed by atoms with Crippen molar-refractivity contribution in [1.29, 1.82) is 0 Å². The molecule has 0 aliphatic carbocycles. The molecule has 1 aromatic carbocycles. The van der Waals surface area contributed by atoms with E-state index >= 15 is 0 Å². The van der Waals surface area contributed by atoms with Crippen molar-refractivity contribution in [1.82, 2.24) is 0 Å². The molecular weight excluding hydrogens is 254 g/mol. The van der Waals surface area contributed by atoms with Gasteiger partial charge in [0.2, 0.25) is 0 Å². The summed E-state index contributed by atoms with van der Waals surface area (Å²) in [5.41, 5.74) is 8.30. The minimum atomic E-state index is -0.185. The molecule has 0 saturated heterocycles. The van der Waals surface area contributed by atoms with Gasteiger partial charge in [-0.3, -0.25) is 0 Å². The number of methoxy groups -OCH3 is 1. The average Bonchev–Trinajstić information content (AvgIpc) is 2.42. The van der Waals surface area contributed by atoms with Gasteiger partial charge in [-0.1, -0.05) is 31.5 Å². The molecule has 1 aromatic rings. The summed E-state index contributed by atoms with van der Waals surface area (Å²) in [6, 6.07) is 5.81. The molecule has 0 radical (unpaired) electrons. The van der Waals surface area contributed by atoms with Crippen LogP contribution < -0.4 is 10.5 Å². The molecule has 1 atom stereocenters. The van der Waals surface area contributed by atoms with E-state index < -0.39 is 0 Å². The van der Waals surface area contributed by atoms with Gasteiger partial charge in [0.25, 0.3) is 0 Å². The second kappa shape index (κ2) is 8.95. The van der Waals surface area contributed by atoms with Crippen molar-refractivity contribution in [3.63, 3.8) is 0 Å². The van der Waals surface area contributed by atoms with E-state index in [4.69, 9.17) is 19.9 Å². The zero-order chi connectivity index (χ0) is 15.0. The highest BCUT2D eigenvalue weighted by molar-refractivity contribution is 5.39. The molecule has 20 heavy (non-hydrogen) atoms. The van der Waals surface area contributed by atoms with Crippen molar-refractivity contribution in [3.05, 3.63) is 29.3 Å². The van der Waals surface area contributed by atoms with Gasteiger partial charge in [-0.05, 0) is 18.9 Å². The maximum Gasteiger partial charge on any atom is 0.123 e. The molecule has 0 saturated carbocycles. The van der Waals surface area contributed by atoms with Crippen LogP contribution in [0, 0.1) is 12.8 Å². The molecule has 1 rings (SSSR count). The van der Waals surface area contributed by atoms with Crippen LogP contribution in [0.5, 0.6) is 5.75 Å². The third kappa shape index (κ3) is 5.90. The van der Waals surface area contributed by atoms with Crippen LogP contribution >= 0.6 is 0 Å². The van der Waals surface area contributed by atoms with Crippen LogP contribution in [-0.4, -0.2) is 33.5 Å². The molecular formula is C16H27NO3. The Labute approximate surface area is 122 Å². The quantitative estimate of drug-likeness (QED) is 0.707. The number of hydrogen-bond acceptors (Lipinski definition) is 4. The van der Waals surface area contributed by atoms with Crippen molar-refractivity contribution in [3.8, 4) is 5.75 Å². The average molecular weight is 281 g/mol. The smallest absolute Gasteiger partial charge is 0.123 e. The first kappa shape index (κ1) is 17.0. The lowest BCUT2D eigenvalue weighted by Crippen LogP contribution is -2.20. The second-order valence-corrected chi connectivity index (χ2v) is 5.40. The van der Waals surface area contributed by atoms with Crippen molar-refractivity contribution < 1.29 is 14.2 Å². The first-order valence-electron chi connectivity index (χ1n) is 7.10. The van der Waals surface area contributed by atoms with Crippen LogP contribution in [0.2, 0.25) is 0 Å². The van der Waals surface area contributed by atoms with Gasteiger partial charge >= 0.3 is 0 Å². The van der Waals surface area contributed by atoms with Crippen molar-refractivity contribution in [2.75, 3.05) is 33.5 Å². The standard InChI is InChI=1S/C16H27NO3/c1-12(2)10-19-7-8-20-11-15(17)14-9-13(3)5-6-16(14)18-4/h5-6,9,12,15H,7-8,10-11,17H2,1-4H3. The van der Waals surface area contributed by atoms with Crippen molar-refractivity contribution in [2.24, 2.45) is 11.7 Å². The summed E-state index contributed by atoms with van der Waals surface area (Å²) >= 11 is 0. The van der Waals surface area contributed by atoms with Gasteiger partial charge in [0.05, 0.1) is 33.0 Å². The van der Waals surface area contributed by atoms with Crippen LogP contribution in [-0.2, 0) is 9.47 Å².